The molecule has 2 rings (SSSR count). The number of carbonyl (C=O) groups is 1. The van der Waals surface area contributed by atoms with Crippen LogP contribution >= 0.6 is 11.3 Å². The van der Waals surface area contributed by atoms with E-state index in [4.69, 9.17) is 0 Å². The smallest absolute Gasteiger partial charge is 0.261 e. The van der Waals surface area contributed by atoms with Crippen LogP contribution < -0.4 is 5.32 Å². The van der Waals surface area contributed by atoms with E-state index in [0.717, 1.165) is 16.9 Å². The van der Waals surface area contributed by atoms with Gasteiger partial charge in [-0.15, -0.1) is 11.3 Å². The third-order valence-electron chi connectivity index (χ3n) is 3.43. The van der Waals surface area contributed by atoms with E-state index in [1.807, 2.05) is 36.4 Å². The van der Waals surface area contributed by atoms with Gasteiger partial charge in [-0.25, -0.2) is 0 Å². The molecular weight excluding hydrogens is 266 g/mol. The minimum absolute atomic E-state index is 0. The molecule has 1 amide bonds. The highest BCUT2D eigenvalue weighted by molar-refractivity contribution is 7.14. The summed E-state index contributed by atoms with van der Waals surface area (Å²) in [5.41, 5.74) is 1.12. The summed E-state index contributed by atoms with van der Waals surface area (Å²) in [4.78, 5) is 14.2. The fourth-order valence-electron chi connectivity index (χ4n) is 1.96. The first-order chi connectivity index (χ1) is 9.69. The Balaban J connectivity index is 0.00000220. The Morgan fingerprint density at radius 1 is 1.25 bits per heavy atom. The van der Waals surface area contributed by atoms with Crippen molar-refractivity contribution in [3.05, 3.63) is 57.8 Å². The van der Waals surface area contributed by atoms with Gasteiger partial charge in [0.25, 0.3) is 5.91 Å². The first-order valence-corrected chi connectivity index (χ1v) is 7.91. The molecule has 0 aliphatic rings. The average Bonchev–Trinajstić information content (AvgIpc) is 2.94. The molecule has 1 heterocycles. The third kappa shape index (κ3) is 4.20. The van der Waals surface area contributed by atoms with E-state index in [-0.39, 0.29) is 7.33 Å². The fourth-order valence-corrected chi connectivity index (χ4v) is 3.05. The van der Waals surface area contributed by atoms with E-state index in [1.165, 1.54) is 11.3 Å². The van der Waals surface area contributed by atoms with Crippen molar-refractivity contribution < 1.29 is 6.22 Å². The van der Waals surface area contributed by atoms with E-state index >= 15 is 0 Å². The minimum Gasteiger partial charge on any atom is -0.347 e. The number of carbonyl (C=O) groups excluding carboxylic acids is 1. The number of hydrogen-bond acceptors (Lipinski definition) is 2. The quantitative estimate of drug-likeness (QED) is 0.832. The van der Waals surface area contributed by atoms with Crippen LogP contribution in [0.5, 0.6) is 0 Å². The van der Waals surface area contributed by atoms with Crippen LogP contribution in [0.25, 0.3) is 0 Å². The van der Waals surface area contributed by atoms with Crippen LogP contribution in [0.2, 0.25) is 0 Å². The van der Waals surface area contributed by atoms with Crippen molar-refractivity contribution in [2.24, 2.45) is 5.92 Å². The summed E-state index contributed by atoms with van der Waals surface area (Å²) in [6, 6.07) is 14.0. The fraction of sp³-hybridized carbons (Fsp3) is 0.353. The number of nitrogens with one attached hydrogen (secondary N) is 1. The standard InChI is InChI=1S/C17H21NOS.H2/c1-3-13(2)11-15-9-10-16(20-15)17(19)18-12-14-7-5-4-6-8-14;/h4-10,13H,3,11-12H2,1-2H3,(H,18,19);1H. The van der Waals surface area contributed by atoms with Crippen LogP contribution in [0, 0.1) is 5.92 Å². The molecule has 2 nitrogen and oxygen atoms in total. The van der Waals surface area contributed by atoms with E-state index < -0.39 is 0 Å². The van der Waals surface area contributed by atoms with Crippen LogP contribution in [0.4, 0.5) is 0 Å². The monoisotopic (exact) mass is 289 g/mol. The van der Waals surface area contributed by atoms with Gasteiger partial charge in [0.15, 0.2) is 0 Å². The van der Waals surface area contributed by atoms with Crippen molar-refractivity contribution in [2.75, 3.05) is 0 Å². The predicted octanol–water partition coefficient (Wildman–Crippen LogP) is 4.51. The van der Waals surface area contributed by atoms with Gasteiger partial charge in [0.1, 0.15) is 0 Å². The molecule has 0 spiro atoms. The van der Waals surface area contributed by atoms with Crippen LogP contribution in [0.15, 0.2) is 42.5 Å². The molecule has 0 aliphatic carbocycles. The minimum atomic E-state index is 0. The number of hydrogen-bond donors (Lipinski definition) is 1. The lowest BCUT2D eigenvalue weighted by Gasteiger charge is -2.05. The van der Waals surface area contributed by atoms with Crippen molar-refractivity contribution in [1.29, 1.82) is 0 Å². The molecule has 0 fully saturated rings. The van der Waals surface area contributed by atoms with Crippen LogP contribution in [0.1, 0.15) is 41.8 Å². The third-order valence-corrected chi connectivity index (χ3v) is 4.53. The number of thiophene rings is 1. The van der Waals surface area contributed by atoms with E-state index in [0.29, 0.717) is 12.5 Å². The first-order valence-electron chi connectivity index (χ1n) is 7.10. The SMILES string of the molecule is CCC(C)Cc1ccc(C(=O)NCc2ccccc2)s1.[HH]. The topological polar surface area (TPSA) is 29.1 Å². The van der Waals surface area contributed by atoms with Crippen LogP contribution in [0.3, 0.4) is 0 Å². The molecule has 0 saturated carbocycles. The van der Waals surface area contributed by atoms with Crippen LogP contribution in [-0.4, -0.2) is 5.91 Å². The molecule has 1 aromatic carbocycles. The van der Waals surface area contributed by atoms with Crippen molar-refractivity contribution in [3.8, 4) is 0 Å². The Labute approximate surface area is 126 Å². The molecule has 20 heavy (non-hydrogen) atoms. The van der Waals surface area contributed by atoms with Gasteiger partial charge >= 0.3 is 0 Å². The zero-order valence-electron chi connectivity index (χ0n) is 12.1. The summed E-state index contributed by atoms with van der Waals surface area (Å²) in [6.45, 7) is 5.03. The number of rotatable bonds is 6. The summed E-state index contributed by atoms with van der Waals surface area (Å²) in [6.07, 6.45) is 2.24. The van der Waals surface area contributed by atoms with Gasteiger partial charge in [0.2, 0.25) is 0 Å². The highest BCUT2D eigenvalue weighted by atomic mass is 32.1. The van der Waals surface area contributed by atoms with Gasteiger partial charge in [-0.3, -0.25) is 4.79 Å². The van der Waals surface area contributed by atoms with E-state index in [2.05, 4.69) is 25.2 Å². The molecule has 3 heteroatoms. The van der Waals surface area contributed by atoms with Crippen molar-refractivity contribution in [3.63, 3.8) is 0 Å². The molecule has 1 atom stereocenters. The summed E-state index contributed by atoms with van der Waals surface area (Å²) in [5, 5.41) is 2.97. The second-order valence-corrected chi connectivity index (χ2v) is 6.32. The van der Waals surface area contributed by atoms with Gasteiger partial charge in [-0.1, -0.05) is 50.6 Å². The van der Waals surface area contributed by atoms with Crippen LogP contribution in [-0.2, 0) is 13.0 Å². The van der Waals surface area contributed by atoms with Gasteiger partial charge < -0.3 is 5.32 Å². The maximum absolute atomic E-state index is 12.1. The Bertz CT molecular complexity index is 553. The average molecular weight is 289 g/mol. The summed E-state index contributed by atoms with van der Waals surface area (Å²) >= 11 is 1.61. The number of amides is 1. The predicted molar refractivity (Wildman–Crippen MR) is 87.2 cm³/mol. The summed E-state index contributed by atoms with van der Waals surface area (Å²) in [7, 11) is 0. The molecule has 0 saturated heterocycles. The van der Waals surface area contributed by atoms with Crippen molar-refractivity contribution in [1.82, 2.24) is 5.32 Å². The lowest BCUT2D eigenvalue weighted by atomic mass is 10.0. The largest absolute Gasteiger partial charge is 0.347 e. The zero-order chi connectivity index (χ0) is 14.4. The molecule has 2 aromatic rings. The molecule has 1 unspecified atom stereocenters. The lowest BCUT2D eigenvalue weighted by Crippen LogP contribution is -2.21. The van der Waals surface area contributed by atoms with E-state index in [1.54, 1.807) is 11.3 Å². The molecule has 1 aromatic heterocycles. The Kier molecular flexibility index (Phi) is 5.36. The molecular formula is C17H23NOS. The molecule has 0 aliphatic heterocycles. The maximum atomic E-state index is 12.1. The Hall–Kier alpha value is -1.61. The Morgan fingerprint density at radius 3 is 2.70 bits per heavy atom. The van der Waals surface area contributed by atoms with Gasteiger partial charge in [-0.05, 0) is 30.0 Å². The summed E-state index contributed by atoms with van der Waals surface area (Å²) in [5.74, 6) is 0.697. The normalized spacial score (nSPS) is 12.1. The molecule has 0 radical (unpaired) electrons. The molecule has 1 N–H and O–H groups in total. The first kappa shape index (κ1) is 14.8. The highest BCUT2D eigenvalue weighted by Crippen LogP contribution is 2.21. The highest BCUT2D eigenvalue weighted by Gasteiger charge is 2.10. The molecule has 0 bridgehead atoms. The molecule has 108 valence electrons. The number of benzene rings is 1. The zero-order valence-corrected chi connectivity index (χ0v) is 12.9. The van der Waals surface area contributed by atoms with Gasteiger partial charge in [0.05, 0.1) is 4.88 Å². The van der Waals surface area contributed by atoms with E-state index in [9.17, 15) is 4.79 Å². The van der Waals surface area contributed by atoms with Crippen molar-refractivity contribution >= 4 is 17.2 Å². The van der Waals surface area contributed by atoms with Gasteiger partial charge in [-0.2, -0.15) is 0 Å². The lowest BCUT2D eigenvalue weighted by molar-refractivity contribution is 0.0955. The Morgan fingerprint density at radius 2 is 2.00 bits per heavy atom. The second-order valence-electron chi connectivity index (χ2n) is 5.15. The summed E-state index contributed by atoms with van der Waals surface area (Å²) < 4.78 is 0. The maximum Gasteiger partial charge on any atom is 0.261 e. The second kappa shape index (κ2) is 7.25. The van der Waals surface area contributed by atoms with Crippen molar-refractivity contribution in [2.45, 2.75) is 33.2 Å². The van der Waals surface area contributed by atoms with Gasteiger partial charge in [0, 0.05) is 12.8 Å².